The standard InChI is InChI=1S/C14H21N3O2/c1-17(9-13-6-3-7-19-13)10-14(18)16-12-5-2-4-11(15)8-12/h2,4-5,8,13H,3,6-7,9-10,15H2,1H3,(H,16,18). The summed E-state index contributed by atoms with van der Waals surface area (Å²) in [5.74, 6) is -0.0360. The number of nitrogens with one attached hydrogen (secondary N) is 1. The molecule has 1 atom stereocenters. The van der Waals surface area contributed by atoms with Gasteiger partial charge in [0, 0.05) is 24.5 Å². The molecule has 1 aromatic carbocycles. The minimum Gasteiger partial charge on any atom is -0.399 e. The van der Waals surface area contributed by atoms with Gasteiger partial charge in [0.15, 0.2) is 0 Å². The van der Waals surface area contributed by atoms with Gasteiger partial charge in [-0.05, 0) is 38.1 Å². The van der Waals surface area contributed by atoms with Gasteiger partial charge in [-0.25, -0.2) is 0 Å². The van der Waals surface area contributed by atoms with Crippen molar-refractivity contribution < 1.29 is 9.53 Å². The van der Waals surface area contributed by atoms with Gasteiger partial charge in [-0.3, -0.25) is 9.69 Å². The molecule has 1 heterocycles. The minimum atomic E-state index is -0.0360. The van der Waals surface area contributed by atoms with Crippen LogP contribution in [0.3, 0.4) is 0 Å². The number of likely N-dealkylation sites (N-methyl/N-ethyl adjacent to an activating group) is 1. The van der Waals surface area contributed by atoms with Gasteiger partial charge >= 0.3 is 0 Å². The number of rotatable bonds is 5. The molecule has 1 unspecified atom stereocenters. The molecule has 104 valence electrons. The minimum absolute atomic E-state index is 0.0360. The van der Waals surface area contributed by atoms with Crippen molar-refractivity contribution in [2.24, 2.45) is 0 Å². The summed E-state index contributed by atoms with van der Waals surface area (Å²) in [7, 11) is 1.93. The Morgan fingerprint density at radius 3 is 3.11 bits per heavy atom. The lowest BCUT2D eigenvalue weighted by atomic mass is 10.2. The summed E-state index contributed by atoms with van der Waals surface area (Å²) in [4.78, 5) is 13.9. The Bertz CT molecular complexity index is 430. The van der Waals surface area contributed by atoms with Crippen LogP contribution in [0.5, 0.6) is 0 Å². The van der Waals surface area contributed by atoms with Gasteiger partial charge in [0.2, 0.25) is 5.91 Å². The Hall–Kier alpha value is -1.59. The van der Waals surface area contributed by atoms with Crippen LogP contribution in [0.15, 0.2) is 24.3 Å². The zero-order chi connectivity index (χ0) is 13.7. The van der Waals surface area contributed by atoms with Gasteiger partial charge in [-0.2, -0.15) is 0 Å². The number of hydrogen-bond acceptors (Lipinski definition) is 4. The van der Waals surface area contributed by atoms with Gasteiger partial charge in [0.25, 0.3) is 0 Å². The Labute approximate surface area is 113 Å². The molecule has 2 rings (SSSR count). The summed E-state index contributed by atoms with van der Waals surface area (Å²) in [5, 5.41) is 2.84. The summed E-state index contributed by atoms with van der Waals surface area (Å²) in [6, 6.07) is 7.19. The fraction of sp³-hybridized carbons (Fsp3) is 0.500. The molecular weight excluding hydrogens is 242 g/mol. The highest BCUT2D eigenvalue weighted by Crippen LogP contribution is 2.13. The van der Waals surface area contributed by atoms with E-state index in [4.69, 9.17) is 10.5 Å². The molecule has 5 heteroatoms. The van der Waals surface area contributed by atoms with E-state index in [1.807, 2.05) is 24.1 Å². The molecule has 0 aromatic heterocycles. The second-order valence-corrected chi connectivity index (χ2v) is 5.01. The maximum Gasteiger partial charge on any atom is 0.238 e. The quantitative estimate of drug-likeness (QED) is 0.786. The Morgan fingerprint density at radius 2 is 2.42 bits per heavy atom. The maximum absolute atomic E-state index is 11.9. The van der Waals surface area contributed by atoms with E-state index in [0.717, 1.165) is 31.7 Å². The third kappa shape index (κ3) is 4.54. The van der Waals surface area contributed by atoms with Crippen molar-refractivity contribution in [3.8, 4) is 0 Å². The number of ether oxygens (including phenoxy) is 1. The zero-order valence-electron chi connectivity index (χ0n) is 11.3. The maximum atomic E-state index is 11.9. The summed E-state index contributed by atoms with van der Waals surface area (Å²) in [6.07, 6.45) is 2.47. The molecule has 1 fully saturated rings. The van der Waals surface area contributed by atoms with Gasteiger partial charge in [-0.1, -0.05) is 6.07 Å². The monoisotopic (exact) mass is 263 g/mol. The number of benzene rings is 1. The molecule has 0 radical (unpaired) electrons. The normalized spacial score (nSPS) is 18.7. The van der Waals surface area contributed by atoms with Gasteiger partial charge in [0.05, 0.1) is 12.6 Å². The van der Waals surface area contributed by atoms with E-state index in [0.29, 0.717) is 12.2 Å². The van der Waals surface area contributed by atoms with Crippen LogP contribution in [-0.4, -0.2) is 43.7 Å². The Kier molecular flexibility index (Phi) is 4.76. The van der Waals surface area contributed by atoms with Crippen LogP contribution in [-0.2, 0) is 9.53 Å². The smallest absolute Gasteiger partial charge is 0.238 e. The van der Waals surface area contributed by atoms with Crippen molar-refractivity contribution >= 4 is 17.3 Å². The lowest BCUT2D eigenvalue weighted by Gasteiger charge is -2.19. The van der Waals surface area contributed by atoms with Crippen LogP contribution in [0.4, 0.5) is 11.4 Å². The highest BCUT2D eigenvalue weighted by molar-refractivity contribution is 5.92. The highest BCUT2D eigenvalue weighted by Gasteiger charge is 2.18. The largest absolute Gasteiger partial charge is 0.399 e. The predicted octanol–water partition coefficient (Wildman–Crippen LogP) is 1.32. The Balaban J connectivity index is 1.77. The molecular formula is C14H21N3O2. The molecule has 0 aliphatic carbocycles. The number of anilines is 2. The average molecular weight is 263 g/mol. The van der Waals surface area contributed by atoms with E-state index in [1.165, 1.54) is 0 Å². The molecule has 1 aliphatic heterocycles. The fourth-order valence-electron chi connectivity index (χ4n) is 2.26. The third-order valence-electron chi connectivity index (χ3n) is 3.12. The number of nitrogens with two attached hydrogens (primary N) is 1. The molecule has 3 N–H and O–H groups in total. The van der Waals surface area contributed by atoms with Crippen LogP contribution < -0.4 is 11.1 Å². The first-order chi connectivity index (χ1) is 9.13. The van der Waals surface area contributed by atoms with E-state index in [9.17, 15) is 4.79 Å². The first kappa shape index (κ1) is 13.8. The third-order valence-corrected chi connectivity index (χ3v) is 3.12. The van der Waals surface area contributed by atoms with E-state index in [-0.39, 0.29) is 12.0 Å². The molecule has 19 heavy (non-hydrogen) atoms. The van der Waals surface area contributed by atoms with Crippen molar-refractivity contribution in [1.82, 2.24) is 4.90 Å². The lowest BCUT2D eigenvalue weighted by Crippen LogP contribution is -2.35. The van der Waals surface area contributed by atoms with Crippen molar-refractivity contribution in [2.75, 3.05) is 37.8 Å². The average Bonchev–Trinajstić information content (AvgIpc) is 2.81. The second-order valence-electron chi connectivity index (χ2n) is 5.01. The number of carbonyl (C=O) groups excluding carboxylic acids is 1. The van der Waals surface area contributed by atoms with Crippen molar-refractivity contribution in [1.29, 1.82) is 0 Å². The van der Waals surface area contributed by atoms with Crippen LogP contribution in [0.2, 0.25) is 0 Å². The van der Waals surface area contributed by atoms with Crippen molar-refractivity contribution in [3.05, 3.63) is 24.3 Å². The number of carbonyl (C=O) groups is 1. The molecule has 1 aromatic rings. The van der Waals surface area contributed by atoms with Gasteiger partial charge in [-0.15, -0.1) is 0 Å². The Morgan fingerprint density at radius 1 is 1.58 bits per heavy atom. The molecule has 1 amide bonds. The van der Waals surface area contributed by atoms with Crippen LogP contribution >= 0.6 is 0 Å². The van der Waals surface area contributed by atoms with Crippen molar-refractivity contribution in [2.45, 2.75) is 18.9 Å². The lowest BCUT2D eigenvalue weighted by molar-refractivity contribution is -0.117. The summed E-state index contributed by atoms with van der Waals surface area (Å²) >= 11 is 0. The fourth-order valence-corrected chi connectivity index (χ4v) is 2.26. The van der Waals surface area contributed by atoms with Crippen LogP contribution in [0, 0.1) is 0 Å². The van der Waals surface area contributed by atoms with Gasteiger partial charge in [0.1, 0.15) is 0 Å². The predicted molar refractivity (Wildman–Crippen MR) is 76.0 cm³/mol. The zero-order valence-corrected chi connectivity index (χ0v) is 11.3. The van der Waals surface area contributed by atoms with E-state index in [2.05, 4.69) is 5.32 Å². The van der Waals surface area contributed by atoms with E-state index >= 15 is 0 Å². The number of nitrogens with zero attached hydrogens (tertiary/aromatic N) is 1. The summed E-state index contributed by atoms with van der Waals surface area (Å²) in [5.41, 5.74) is 7.04. The molecule has 0 bridgehead atoms. The number of nitrogen functional groups attached to an aromatic ring is 1. The second kappa shape index (κ2) is 6.54. The molecule has 5 nitrogen and oxygen atoms in total. The number of amides is 1. The van der Waals surface area contributed by atoms with E-state index < -0.39 is 0 Å². The first-order valence-electron chi connectivity index (χ1n) is 6.59. The highest BCUT2D eigenvalue weighted by atomic mass is 16.5. The molecule has 0 spiro atoms. The summed E-state index contributed by atoms with van der Waals surface area (Å²) in [6.45, 7) is 1.99. The molecule has 0 saturated carbocycles. The van der Waals surface area contributed by atoms with Crippen molar-refractivity contribution in [3.63, 3.8) is 0 Å². The molecule has 1 saturated heterocycles. The SMILES string of the molecule is CN(CC(=O)Nc1cccc(N)c1)CC1CCCO1. The number of hydrogen-bond donors (Lipinski definition) is 2. The van der Waals surface area contributed by atoms with Gasteiger partial charge < -0.3 is 15.8 Å². The van der Waals surface area contributed by atoms with E-state index in [1.54, 1.807) is 12.1 Å². The summed E-state index contributed by atoms with van der Waals surface area (Å²) < 4.78 is 5.55. The first-order valence-corrected chi connectivity index (χ1v) is 6.59. The molecule has 1 aliphatic rings. The topological polar surface area (TPSA) is 67.6 Å². The van der Waals surface area contributed by atoms with Crippen LogP contribution in [0.1, 0.15) is 12.8 Å². The van der Waals surface area contributed by atoms with Crippen LogP contribution in [0.25, 0.3) is 0 Å².